The summed E-state index contributed by atoms with van der Waals surface area (Å²) in [5.41, 5.74) is 4.14. The quantitative estimate of drug-likeness (QED) is 0.241. The number of hydrogen-bond donors (Lipinski definition) is 0. The number of fused-ring (bicyclic) bond motifs is 3. The zero-order valence-electron chi connectivity index (χ0n) is 19.5. The van der Waals surface area contributed by atoms with Crippen LogP contribution in [-0.4, -0.2) is 37.7 Å². The van der Waals surface area contributed by atoms with Crippen LogP contribution in [0.1, 0.15) is 29.0 Å². The number of carbonyl (C=O) groups excluding carboxylic acids is 3. The molecule has 3 aromatic carbocycles. The summed E-state index contributed by atoms with van der Waals surface area (Å²) in [6, 6.07) is 23.9. The molecule has 1 aliphatic carbocycles. The van der Waals surface area contributed by atoms with Crippen LogP contribution < -0.4 is 4.74 Å². The van der Waals surface area contributed by atoms with Crippen LogP contribution in [0.5, 0.6) is 5.75 Å². The van der Waals surface area contributed by atoms with E-state index in [0.717, 1.165) is 22.3 Å². The lowest BCUT2D eigenvalue weighted by Gasteiger charge is -2.25. The van der Waals surface area contributed by atoms with Crippen molar-refractivity contribution < 1.29 is 33.3 Å². The maximum Gasteiger partial charge on any atom is 0.349 e. The van der Waals surface area contributed by atoms with Crippen molar-refractivity contribution >= 4 is 18.4 Å². The molecule has 8 heteroatoms. The molecular weight excluding hydrogens is 462 g/mol. The van der Waals surface area contributed by atoms with E-state index in [0.29, 0.717) is 11.3 Å². The van der Waals surface area contributed by atoms with E-state index in [2.05, 4.69) is 0 Å². The first kappa shape index (κ1) is 24.5. The molecule has 0 radical (unpaired) electrons. The first-order valence-corrected chi connectivity index (χ1v) is 11.2. The molecule has 2 unspecified atom stereocenters. The van der Waals surface area contributed by atoms with Crippen molar-refractivity contribution in [3.63, 3.8) is 0 Å². The molecule has 2 atom stereocenters. The van der Waals surface area contributed by atoms with E-state index in [1.807, 2.05) is 48.5 Å². The van der Waals surface area contributed by atoms with Crippen molar-refractivity contribution in [1.29, 1.82) is 5.26 Å². The smallest absolute Gasteiger partial charge is 0.349 e. The molecule has 0 saturated carbocycles. The van der Waals surface area contributed by atoms with Crippen molar-refractivity contribution in [2.24, 2.45) is 0 Å². The number of ether oxygens (including phenoxy) is 4. The Balaban J connectivity index is 1.66. The van der Waals surface area contributed by atoms with Crippen LogP contribution in [0.25, 0.3) is 11.1 Å². The molecule has 182 valence electrons. The fourth-order valence-electron chi connectivity index (χ4n) is 4.27. The van der Waals surface area contributed by atoms with Gasteiger partial charge in [-0.25, -0.2) is 9.59 Å². The van der Waals surface area contributed by atoms with Crippen molar-refractivity contribution in [1.82, 2.24) is 0 Å². The first-order valence-electron chi connectivity index (χ1n) is 11.2. The Morgan fingerprint density at radius 3 is 2.11 bits per heavy atom. The second kappa shape index (κ2) is 11.2. The summed E-state index contributed by atoms with van der Waals surface area (Å²) in [5.74, 6) is -1.76. The molecule has 0 aliphatic heterocycles. The van der Waals surface area contributed by atoms with E-state index >= 15 is 0 Å². The number of esters is 2. The highest BCUT2D eigenvalue weighted by Gasteiger charge is 2.42. The van der Waals surface area contributed by atoms with Gasteiger partial charge in [-0.1, -0.05) is 60.7 Å². The second-order valence-corrected chi connectivity index (χ2v) is 8.05. The molecule has 36 heavy (non-hydrogen) atoms. The van der Waals surface area contributed by atoms with Crippen LogP contribution in [0.4, 0.5) is 0 Å². The number of rotatable bonds is 10. The van der Waals surface area contributed by atoms with E-state index in [-0.39, 0.29) is 13.1 Å². The zero-order valence-corrected chi connectivity index (χ0v) is 19.5. The standard InChI is InChI=1S/C28H23NO7/c1-33-19-12-10-18(11-13-19)16-34-28(32)26(36-27(31)24(14-15-29)35-17-30)25-22-8-4-2-6-20(22)21-7-3-5-9-23(21)25/h2-13,17,24-26H,14,16H2,1H3. The lowest BCUT2D eigenvalue weighted by Crippen LogP contribution is -2.38. The van der Waals surface area contributed by atoms with Gasteiger partial charge in [0.2, 0.25) is 12.2 Å². The maximum atomic E-state index is 13.4. The highest BCUT2D eigenvalue weighted by molar-refractivity contribution is 5.87. The van der Waals surface area contributed by atoms with Crippen LogP contribution in [0.15, 0.2) is 72.8 Å². The van der Waals surface area contributed by atoms with Crippen molar-refractivity contribution in [2.45, 2.75) is 31.2 Å². The lowest BCUT2D eigenvalue weighted by molar-refractivity contribution is -0.177. The summed E-state index contributed by atoms with van der Waals surface area (Å²) in [5, 5.41) is 9.02. The van der Waals surface area contributed by atoms with Gasteiger partial charge in [0.25, 0.3) is 6.47 Å². The Hall–Kier alpha value is -4.64. The predicted molar refractivity (Wildman–Crippen MR) is 128 cm³/mol. The Bertz CT molecular complexity index is 1250. The molecule has 0 spiro atoms. The molecule has 0 fully saturated rings. The summed E-state index contributed by atoms with van der Waals surface area (Å²) in [6.07, 6.45) is -3.25. The summed E-state index contributed by atoms with van der Waals surface area (Å²) in [4.78, 5) is 37.2. The number of carbonyl (C=O) groups is 3. The Kier molecular flexibility index (Phi) is 7.61. The minimum atomic E-state index is -1.46. The highest BCUT2D eigenvalue weighted by atomic mass is 16.6. The van der Waals surface area contributed by atoms with E-state index in [4.69, 9.17) is 24.2 Å². The number of methoxy groups -OCH3 is 1. The Labute approximate surface area is 208 Å². The summed E-state index contributed by atoms with van der Waals surface area (Å²) < 4.78 is 21.1. The molecule has 0 aromatic heterocycles. The van der Waals surface area contributed by atoms with Crippen LogP contribution in [0.2, 0.25) is 0 Å². The Morgan fingerprint density at radius 2 is 1.56 bits per heavy atom. The normalized spacial score (nSPS) is 13.3. The van der Waals surface area contributed by atoms with Crippen LogP contribution in [0, 0.1) is 11.3 Å². The predicted octanol–water partition coefficient (Wildman–Crippen LogP) is 3.92. The third kappa shape index (κ3) is 5.05. The minimum absolute atomic E-state index is 0.0562. The van der Waals surface area contributed by atoms with E-state index in [1.54, 1.807) is 37.4 Å². The van der Waals surface area contributed by atoms with Gasteiger partial charge in [-0.15, -0.1) is 0 Å². The van der Waals surface area contributed by atoms with Gasteiger partial charge < -0.3 is 18.9 Å². The highest BCUT2D eigenvalue weighted by Crippen LogP contribution is 2.47. The number of nitriles is 1. The minimum Gasteiger partial charge on any atom is -0.497 e. The van der Waals surface area contributed by atoms with Crippen molar-refractivity contribution in [2.75, 3.05) is 7.11 Å². The number of nitrogens with zero attached hydrogens (tertiary/aromatic N) is 1. The maximum absolute atomic E-state index is 13.4. The molecule has 1 aliphatic rings. The molecule has 0 heterocycles. The molecule has 4 rings (SSSR count). The van der Waals surface area contributed by atoms with E-state index in [9.17, 15) is 14.4 Å². The monoisotopic (exact) mass is 485 g/mol. The topological polar surface area (TPSA) is 112 Å². The van der Waals surface area contributed by atoms with Gasteiger partial charge in [0.05, 0.1) is 25.5 Å². The van der Waals surface area contributed by atoms with Gasteiger partial charge in [0.1, 0.15) is 12.4 Å². The largest absolute Gasteiger partial charge is 0.497 e. The molecular formula is C28H23NO7. The van der Waals surface area contributed by atoms with E-state index < -0.39 is 36.5 Å². The molecule has 8 nitrogen and oxygen atoms in total. The van der Waals surface area contributed by atoms with Gasteiger partial charge in [0, 0.05) is 0 Å². The van der Waals surface area contributed by atoms with E-state index in [1.165, 1.54) is 0 Å². The summed E-state index contributed by atoms with van der Waals surface area (Å²) in [7, 11) is 1.55. The Morgan fingerprint density at radius 1 is 0.944 bits per heavy atom. The van der Waals surface area contributed by atoms with Crippen molar-refractivity contribution in [3.05, 3.63) is 89.5 Å². The first-order chi connectivity index (χ1) is 17.6. The van der Waals surface area contributed by atoms with Crippen molar-refractivity contribution in [3.8, 4) is 22.9 Å². The van der Waals surface area contributed by atoms with Crippen LogP contribution in [0.3, 0.4) is 0 Å². The van der Waals surface area contributed by atoms with Gasteiger partial charge in [-0.3, -0.25) is 4.79 Å². The molecule has 0 saturated heterocycles. The van der Waals surface area contributed by atoms with Gasteiger partial charge in [0.15, 0.2) is 0 Å². The van der Waals surface area contributed by atoms with Gasteiger partial charge in [-0.05, 0) is 39.9 Å². The molecule has 0 amide bonds. The fourth-order valence-corrected chi connectivity index (χ4v) is 4.27. The molecule has 0 N–H and O–H groups in total. The molecule has 3 aromatic rings. The summed E-state index contributed by atoms with van der Waals surface area (Å²) in [6.45, 7) is 0.0137. The van der Waals surface area contributed by atoms with Crippen LogP contribution >= 0.6 is 0 Å². The third-order valence-electron chi connectivity index (χ3n) is 5.96. The van der Waals surface area contributed by atoms with Crippen LogP contribution in [-0.2, 0) is 35.2 Å². The summed E-state index contributed by atoms with van der Waals surface area (Å²) >= 11 is 0. The lowest BCUT2D eigenvalue weighted by atomic mass is 9.91. The fraction of sp³-hybridized carbons (Fsp3) is 0.214. The number of benzene rings is 3. The van der Waals surface area contributed by atoms with Gasteiger partial charge >= 0.3 is 11.9 Å². The second-order valence-electron chi connectivity index (χ2n) is 8.05. The third-order valence-corrected chi connectivity index (χ3v) is 5.96. The van der Waals surface area contributed by atoms with Gasteiger partial charge in [-0.2, -0.15) is 5.26 Å². The SMILES string of the molecule is COc1ccc(COC(=O)C(OC(=O)C(CC#N)OC=O)C2c3ccccc3-c3ccccc32)cc1. The average Bonchev–Trinajstić information content (AvgIpc) is 3.24. The number of hydrogen-bond acceptors (Lipinski definition) is 8. The zero-order chi connectivity index (χ0) is 25.5. The molecule has 0 bridgehead atoms. The average molecular weight is 485 g/mol.